The van der Waals surface area contributed by atoms with Gasteiger partial charge < -0.3 is 41.9 Å². The Labute approximate surface area is 257 Å². The summed E-state index contributed by atoms with van der Waals surface area (Å²) in [6.07, 6.45) is 4.04. The fourth-order valence-corrected chi connectivity index (χ4v) is 4.86. The standard InChI is InChI=1S/C31H35N7O7/c32-22(13-19-15-34-23-9-5-4-8-21(19)23)28(41)37-26(14-20-16-33-17-35-20)30(43)38-25(12-18-6-2-1-3-7-18)29(42)36-24(31(44)45)10-11-27(39)40/h1-9,15-17,22,24-26,34H,10-14,32H2,(H,33,35)(H,36,42)(H,37,41)(H,38,43)(H,39,40)(H,44,45). The second kappa shape index (κ2) is 15.3. The summed E-state index contributed by atoms with van der Waals surface area (Å²) in [4.78, 5) is 73.0. The van der Waals surface area contributed by atoms with Gasteiger partial charge in [-0.15, -0.1) is 0 Å². The SMILES string of the molecule is NC(Cc1c[nH]c2ccccc12)C(=O)NC(Cc1cnc[nH]1)C(=O)NC(Cc1ccccc1)C(=O)NC(CCC(=O)O)C(=O)O. The zero-order chi connectivity index (χ0) is 32.3. The van der Waals surface area contributed by atoms with Crippen molar-refractivity contribution in [2.45, 2.75) is 56.3 Å². The quantitative estimate of drug-likeness (QED) is 0.0880. The van der Waals surface area contributed by atoms with Gasteiger partial charge in [-0.25, -0.2) is 9.78 Å². The van der Waals surface area contributed by atoms with E-state index in [2.05, 4.69) is 30.9 Å². The molecule has 0 bridgehead atoms. The van der Waals surface area contributed by atoms with Gasteiger partial charge in [-0.1, -0.05) is 48.5 Å². The number of carboxylic acid groups (broad SMARTS) is 2. The number of rotatable bonds is 16. The lowest BCUT2D eigenvalue weighted by molar-refractivity contribution is -0.143. The number of carbonyl (C=O) groups is 5. The van der Waals surface area contributed by atoms with Crippen LogP contribution >= 0.6 is 0 Å². The number of aliphatic carboxylic acids is 2. The monoisotopic (exact) mass is 617 g/mol. The van der Waals surface area contributed by atoms with Gasteiger partial charge >= 0.3 is 11.9 Å². The van der Waals surface area contributed by atoms with Gasteiger partial charge in [0.2, 0.25) is 17.7 Å². The number of nitrogens with zero attached hydrogens (tertiary/aromatic N) is 1. The first-order valence-electron chi connectivity index (χ1n) is 14.3. The van der Waals surface area contributed by atoms with Crippen LogP contribution in [0.1, 0.15) is 29.7 Å². The summed E-state index contributed by atoms with van der Waals surface area (Å²) in [5.41, 5.74) is 9.20. The summed E-state index contributed by atoms with van der Waals surface area (Å²) in [6, 6.07) is 11.4. The second-order valence-corrected chi connectivity index (χ2v) is 10.6. The zero-order valence-corrected chi connectivity index (χ0v) is 24.2. The molecule has 0 aliphatic carbocycles. The molecule has 0 saturated carbocycles. The molecule has 2 aromatic carbocycles. The molecular formula is C31H35N7O7. The molecule has 0 fully saturated rings. The van der Waals surface area contributed by atoms with Crippen LogP contribution < -0.4 is 21.7 Å². The molecule has 14 heteroatoms. The van der Waals surface area contributed by atoms with E-state index in [9.17, 15) is 29.1 Å². The van der Waals surface area contributed by atoms with Gasteiger partial charge in [0, 0.05) is 48.3 Å². The summed E-state index contributed by atoms with van der Waals surface area (Å²) in [5.74, 6) is -4.77. The molecule has 4 rings (SSSR count). The highest BCUT2D eigenvalue weighted by atomic mass is 16.4. The number of aromatic amines is 2. The first-order valence-corrected chi connectivity index (χ1v) is 14.3. The number of nitrogens with two attached hydrogens (primary N) is 1. The number of benzene rings is 2. The molecule has 2 aromatic heterocycles. The summed E-state index contributed by atoms with van der Waals surface area (Å²) in [7, 11) is 0. The maximum Gasteiger partial charge on any atom is 0.326 e. The maximum absolute atomic E-state index is 13.7. The van der Waals surface area contributed by atoms with Crippen molar-refractivity contribution in [3.8, 4) is 0 Å². The van der Waals surface area contributed by atoms with Crippen molar-refractivity contribution in [2.75, 3.05) is 0 Å². The Bertz CT molecular complexity index is 1620. The predicted octanol–water partition coefficient (Wildman–Crippen LogP) is 0.650. The Hall–Kier alpha value is -5.50. The highest BCUT2D eigenvalue weighted by molar-refractivity contribution is 5.94. The van der Waals surface area contributed by atoms with Gasteiger partial charge in [0.1, 0.15) is 18.1 Å². The van der Waals surface area contributed by atoms with Crippen LogP contribution in [0.15, 0.2) is 73.3 Å². The molecule has 0 spiro atoms. The largest absolute Gasteiger partial charge is 0.481 e. The van der Waals surface area contributed by atoms with Crippen LogP contribution in [0.3, 0.4) is 0 Å². The number of para-hydroxylation sites is 1. The van der Waals surface area contributed by atoms with E-state index in [-0.39, 0.29) is 25.7 Å². The van der Waals surface area contributed by atoms with Crippen molar-refractivity contribution in [1.82, 2.24) is 30.9 Å². The normalized spacial score (nSPS) is 13.7. The fourth-order valence-electron chi connectivity index (χ4n) is 4.86. The van der Waals surface area contributed by atoms with Gasteiger partial charge in [0.05, 0.1) is 12.4 Å². The zero-order valence-electron chi connectivity index (χ0n) is 24.2. The Kier molecular flexibility index (Phi) is 11.0. The minimum Gasteiger partial charge on any atom is -0.481 e. The Morgan fingerprint density at radius 3 is 2.09 bits per heavy atom. The Balaban J connectivity index is 1.51. The maximum atomic E-state index is 13.7. The van der Waals surface area contributed by atoms with E-state index >= 15 is 0 Å². The average molecular weight is 618 g/mol. The van der Waals surface area contributed by atoms with E-state index in [1.165, 1.54) is 12.5 Å². The molecule has 9 N–H and O–H groups in total. The molecular weight excluding hydrogens is 582 g/mol. The van der Waals surface area contributed by atoms with E-state index in [1.54, 1.807) is 36.5 Å². The number of aromatic nitrogens is 3. The third kappa shape index (κ3) is 9.24. The van der Waals surface area contributed by atoms with E-state index in [4.69, 9.17) is 10.8 Å². The minimum absolute atomic E-state index is 0.00547. The van der Waals surface area contributed by atoms with Crippen molar-refractivity contribution in [2.24, 2.45) is 5.73 Å². The number of carbonyl (C=O) groups excluding carboxylic acids is 3. The summed E-state index contributed by atoms with van der Waals surface area (Å²) in [5, 5.41) is 27.1. The highest BCUT2D eigenvalue weighted by Gasteiger charge is 2.31. The molecule has 4 aromatic rings. The number of hydrogen-bond donors (Lipinski definition) is 8. The Morgan fingerprint density at radius 2 is 1.42 bits per heavy atom. The predicted molar refractivity (Wildman–Crippen MR) is 163 cm³/mol. The summed E-state index contributed by atoms with van der Waals surface area (Å²) in [6.45, 7) is 0. The van der Waals surface area contributed by atoms with Gasteiger partial charge in [0.25, 0.3) is 0 Å². The number of imidazole rings is 1. The molecule has 3 amide bonds. The first-order chi connectivity index (χ1) is 21.6. The highest BCUT2D eigenvalue weighted by Crippen LogP contribution is 2.19. The van der Waals surface area contributed by atoms with Crippen LogP contribution in [0.25, 0.3) is 10.9 Å². The molecule has 0 saturated heterocycles. The van der Waals surface area contributed by atoms with Crippen LogP contribution in [-0.2, 0) is 43.2 Å². The topological polar surface area (TPSA) is 232 Å². The third-order valence-corrected chi connectivity index (χ3v) is 7.24. The number of nitrogens with one attached hydrogen (secondary N) is 5. The van der Waals surface area contributed by atoms with Crippen LogP contribution in [-0.4, -0.2) is 79.0 Å². The first kappa shape index (κ1) is 32.4. The molecule has 2 heterocycles. The van der Waals surface area contributed by atoms with Gasteiger partial charge in [-0.3, -0.25) is 19.2 Å². The van der Waals surface area contributed by atoms with E-state index in [0.29, 0.717) is 11.3 Å². The molecule has 0 aliphatic rings. The van der Waals surface area contributed by atoms with Crippen molar-refractivity contribution < 1.29 is 34.2 Å². The van der Waals surface area contributed by atoms with Crippen LogP contribution in [0.4, 0.5) is 0 Å². The number of fused-ring (bicyclic) bond motifs is 1. The van der Waals surface area contributed by atoms with Gasteiger partial charge in [0.15, 0.2) is 0 Å². The van der Waals surface area contributed by atoms with Crippen molar-refractivity contribution in [3.63, 3.8) is 0 Å². The van der Waals surface area contributed by atoms with Crippen LogP contribution in [0, 0.1) is 0 Å². The van der Waals surface area contributed by atoms with Gasteiger partial charge in [-0.2, -0.15) is 0 Å². The third-order valence-electron chi connectivity index (χ3n) is 7.24. The van der Waals surface area contributed by atoms with Gasteiger partial charge in [-0.05, 0) is 30.0 Å². The minimum atomic E-state index is -1.49. The van der Waals surface area contributed by atoms with E-state index in [0.717, 1.165) is 16.5 Å². The molecule has 14 nitrogen and oxygen atoms in total. The number of amides is 3. The van der Waals surface area contributed by atoms with Crippen molar-refractivity contribution >= 4 is 40.6 Å². The lowest BCUT2D eigenvalue weighted by atomic mass is 10.0. The second-order valence-electron chi connectivity index (χ2n) is 10.6. The number of H-pyrrole nitrogens is 2. The molecule has 4 unspecified atom stereocenters. The van der Waals surface area contributed by atoms with Crippen molar-refractivity contribution in [1.29, 1.82) is 0 Å². The molecule has 0 aliphatic heterocycles. The summed E-state index contributed by atoms with van der Waals surface area (Å²) < 4.78 is 0. The smallest absolute Gasteiger partial charge is 0.326 e. The fraction of sp³-hybridized carbons (Fsp3) is 0.290. The van der Waals surface area contributed by atoms with Crippen LogP contribution in [0.2, 0.25) is 0 Å². The molecule has 0 radical (unpaired) electrons. The van der Waals surface area contributed by atoms with Crippen molar-refractivity contribution in [3.05, 3.63) is 90.1 Å². The Morgan fingerprint density at radius 1 is 0.778 bits per heavy atom. The lowest BCUT2D eigenvalue weighted by Crippen LogP contribution is -2.58. The molecule has 45 heavy (non-hydrogen) atoms. The molecule has 4 atom stereocenters. The average Bonchev–Trinajstić information content (AvgIpc) is 3.68. The van der Waals surface area contributed by atoms with E-state index in [1.807, 2.05) is 24.3 Å². The number of hydrogen-bond acceptors (Lipinski definition) is 7. The number of carboxylic acids is 2. The van der Waals surface area contributed by atoms with Crippen LogP contribution in [0.5, 0.6) is 0 Å². The summed E-state index contributed by atoms with van der Waals surface area (Å²) >= 11 is 0. The molecule has 236 valence electrons. The van der Waals surface area contributed by atoms with E-state index < -0.39 is 60.2 Å². The lowest BCUT2D eigenvalue weighted by Gasteiger charge is -2.25.